The van der Waals surface area contributed by atoms with Gasteiger partial charge in [-0.3, -0.25) is 10.1 Å². The number of benzene rings is 2. The Kier molecular flexibility index (Phi) is 6.36. The van der Waals surface area contributed by atoms with Crippen LogP contribution < -0.4 is 16.4 Å². The first kappa shape index (κ1) is 22.4. The maximum Gasteiger partial charge on any atom is 0.324 e. The molecule has 0 atom stereocenters. The quantitative estimate of drug-likeness (QED) is 0.531. The molecule has 0 aliphatic heterocycles. The first-order valence-corrected chi connectivity index (χ1v) is 10.2. The minimum Gasteiger partial charge on any atom is -0.369 e. The van der Waals surface area contributed by atoms with Gasteiger partial charge in [-0.05, 0) is 36.2 Å². The molecule has 0 saturated carbocycles. The van der Waals surface area contributed by atoms with Crippen LogP contribution in [0.3, 0.4) is 0 Å². The van der Waals surface area contributed by atoms with Crippen molar-refractivity contribution >= 4 is 35.0 Å². The summed E-state index contributed by atoms with van der Waals surface area (Å²) in [5.41, 5.74) is 8.75. The zero-order valence-electron chi connectivity index (χ0n) is 18.0. The van der Waals surface area contributed by atoms with Crippen LogP contribution in [0.1, 0.15) is 37.6 Å². The first-order valence-electron chi connectivity index (χ1n) is 9.86. The van der Waals surface area contributed by atoms with Gasteiger partial charge in [-0.1, -0.05) is 56.6 Å². The molecule has 7 nitrogen and oxygen atoms in total. The molecule has 8 heteroatoms. The van der Waals surface area contributed by atoms with Crippen LogP contribution in [0.4, 0.5) is 16.3 Å². The molecule has 4 N–H and O–H groups in total. The Labute approximate surface area is 186 Å². The molecule has 3 rings (SSSR count). The molecule has 2 aromatic carbocycles. The van der Waals surface area contributed by atoms with Crippen molar-refractivity contribution in [3.05, 3.63) is 70.4 Å². The van der Waals surface area contributed by atoms with Gasteiger partial charge in [-0.25, -0.2) is 9.48 Å². The lowest BCUT2D eigenvalue weighted by atomic mass is 9.92. The highest BCUT2D eigenvalue weighted by molar-refractivity contribution is 6.34. The second kappa shape index (κ2) is 8.81. The second-order valence-corrected chi connectivity index (χ2v) is 8.78. The van der Waals surface area contributed by atoms with Crippen LogP contribution in [0, 0.1) is 6.92 Å². The van der Waals surface area contributed by atoms with Crippen LogP contribution in [0.15, 0.2) is 48.5 Å². The van der Waals surface area contributed by atoms with Crippen molar-refractivity contribution in [2.75, 3.05) is 10.6 Å². The van der Waals surface area contributed by atoms with Crippen molar-refractivity contribution in [2.45, 2.75) is 39.5 Å². The van der Waals surface area contributed by atoms with Gasteiger partial charge in [0.25, 0.3) is 0 Å². The zero-order chi connectivity index (χ0) is 22.8. The van der Waals surface area contributed by atoms with Crippen LogP contribution in [0.2, 0.25) is 5.02 Å². The smallest absolute Gasteiger partial charge is 0.324 e. The maximum atomic E-state index is 12.7. The number of hydrogen-bond acceptors (Lipinski definition) is 3. The number of rotatable bonds is 5. The molecule has 0 bridgehead atoms. The molecule has 1 aromatic heterocycles. The highest BCUT2D eigenvalue weighted by Crippen LogP contribution is 2.28. The number of nitrogens with zero attached hydrogens (tertiary/aromatic N) is 2. The summed E-state index contributed by atoms with van der Waals surface area (Å²) in [7, 11) is 0. The monoisotopic (exact) mass is 439 g/mol. The normalized spacial score (nSPS) is 11.3. The molecule has 0 unspecified atom stereocenters. The lowest BCUT2D eigenvalue weighted by Crippen LogP contribution is -2.21. The topological polar surface area (TPSA) is 102 Å². The van der Waals surface area contributed by atoms with Gasteiger partial charge in [0.2, 0.25) is 5.91 Å². The number of aryl methyl sites for hydroxylation is 1. The summed E-state index contributed by atoms with van der Waals surface area (Å²) in [6.07, 6.45) is 0.121. The van der Waals surface area contributed by atoms with Gasteiger partial charge in [-0.2, -0.15) is 5.10 Å². The summed E-state index contributed by atoms with van der Waals surface area (Å²) in [4.78, 5) is 24.0. The third kappa shape index (κ3) is 5.44. The van der Waals surface area contributed by atoms with Crippen LogP contribution in [-0.4, -0.2) is 21.7 Å². The van der Waals surface area contributed by atoms with Gasteiger partial charge >= 0.3 is 6.03 Å². The lowest BCUT2D eigenvalue weighted by Gasteiger charge is -2.14. The van der Waals surface area contributed by atoms with E-state index >= 15 is 0 Å². The van der Waals surface area contributed by atoms with E-state index in [0.717, 1.165) is 16.8 Å². The highest BCUT2D eigenvalue weighted by atomic mass is 35.5. The Morgan fingerprint density at radius 2 is 1.81 bits per heavy atom. The number of primary amides is 1. The Morgan fingerprint density at radius 1 is 1.10 bits per heavy atom. The Balaban J connectivity index is 1.94. The zero-order valence-corrected chi connectivity index (χ0v) is 18.7. The largest absolute Gasteiger partial charge is 0.369 e. The number of nitrogens with two attached hydrogens (primary N) is 1. The number of nitrogens with one attached hydrogen (secondary N) is 2. The van der Waals surface area contributed by atoms with Crippen LogP contribution in [-0.2, 0) is 16.6 Å². The molecule has 0 fully saturated rings. The molecule has 0 spiro atoms. The van der Waals surface area contributed by atoms with Crippen molar-refractivity contribution < 1.29 is 9.59 Å². The van der Waals surface area contributed by atoms with E-state index in [1.54, 1.807) is 10.7 Å². The number of carbonyl (C=O) groups is 2. The predicted octanol–water partition coefficient (Wildman–Crippen LogP) is 4.80. The molecule has 0 aliphatic carbocycles. The summed E-state index contributed by atoms with van der Waals surface area (Å²) in [5, 5.41) is 10.8. The third-order valence-corrected chi connectivity index (χ3v) is 5.19. The summed E-state index contributed by atoms with van der Waals surface area (Å²) < 4.78 is 1.64. The Bertz CT molecular complexity index is 1130. The van der Waals surface area contributed by atoms with E-state index in [2.05, 4.69) is 10.6 Å². The average Bonchev–Trinajstić information content (AvgIpc) is 3.09. The van der Waals surface area contributed by atoms with Crippen LogP contribution >= 0.6 is 11.6 Å². The summed E-state index contributed by atoms with van der Waals surface area (Å²) in [6, 6.07) is 14.1. The van der Waals surface area contributed by atoms with Gasteiger partial charge in [0.05, 0.1) is 28.5 Å². The number of amides is 3. The number of urea groups is 1. The lowest BCUT2D eigenvalue weighted by molar-refractivity contribution is -0.117. The second-order valence-electron chi connectivity index (χ2n) is 8.41. The molecule has 162 valence electrons. The number of anilines is 2. The molecular weight excluding hydrogens is 414 g/mol. The van der Waals surface area contributed by atoms with Gasteiger partial charge < -0.3 is 11.1 Å². The van der Waals surface area contributed by atoms with Crippen molar-refractivity contribution in [1.82, 2.24) is 9.78 Å². The number of aromatic nitrogens is 2. The van der Waals surface area contributed by atoms with Gasteiger partial charge in [0.15, 0.2) is 0 Å². The molecule has 0 saturated heterocycles. The molecule has 0 aliphatic rings. The van der Waals surface area contributed by atoms with Crippen molar-refractivity contribution in [3.63, 3.8) is 0 Å². The van der Waals surface area contributed by atoms with E-state index in [-0.39, 0.29) is 11.8 Å². The first-order chi connectivity index (χ1) is 14.5. The predicted molar refractivity (Wildman–Crippen MR) is 124 cm³/mol. The van der Waals surface area contributed by atoms with Crippen LogP contribution in [0.5, 0.6) is 0 Å². The Morgan fingerprint density at radius 3 is 2.48 bits per heavy atom. The SMILES string of the molecule is Cc1cccc(NC(=O)Nc2cc(C(C)(C)C)nn2-c2cccc(CC(N)=O)c2)c1Cl. The molecule has 1 heterocycles. The van der Waals surface area contributed by atoms with Crippen LogP contribution in [0.25, 0.3) is 5.69 Å². The number of hydrogen-bond donors (Lipinski definition) is 3. The summed E-state index contributed by atoms with van der Waals surface area (Å²) in [5.74, 6) is 0.0724. The minimum atomic E-state index is -0.442. The highest BCUT2D eigenvalue weighted by Gasteiger charge is 2.22. The maximum absolute atomic E-state index is 12.7. The van der Waals surface area contributed by atoms with E-state index < -0.39 is 11.9 Å². The van der Waals surface area contributed by atoms with Crippen molar-refractivity contribution in [2.24, 2.45) is 5.73 Å². The standard InChI is InChI=1S/C23H26ClN5O2/c1-14-7-5-10-17(21(14)24)26-22(31)27-20-13-18(23(2,3)4)28-29(20)16-9-6-8-15(11-16)12-19(25)30/h5-11,13H,12H2,1-4H3,(H2,25,30)(H2,26,27,31). The number of halogens is 1. The van der Waals surface area contributed by atoms with E-state index in [4.69, 9.17) is 22.4 Å². The molecule has 0 radical (unpaired) electrons. The molecule has 3 amide bonds. The molecule has 3 aromatic rings. The fourth-order valence-electron chi connectivity index (χ4n) is 3.05. The van der Waals surface area contributed by atoms with Crippen molar-refractivity contribution in [1.29, 1.82) is 0 Å². The summed E-state index contributed by atoms with van der Waals surface area (Å²) in [6.45, 7) is 7.99. The van der Waals surface area contributed by atoms with E-state index in [0.29, 0.717) is 22.2 Å². The third-order valence-electron chi connectivity index (χ3n) is 4.69. The molecule has 31 heavy (non-hydrogen) atoms. The Hall–Kier alpha value is -3.32. The van der Waals surface area contributed by atoms with Crippen molar-refractivity contribution in [3.8, 4) is 5.69 Å². The fraction of sp³-hybridized carbons (Fsp3) is 0.261. The average molecular weight is 440 g/mol. The number of carbonyl (C=O) groups excluding carboxylic acids is 2. The van der Waals surface area contributed by atoms with E-state index in [1.807, 2.05) is 70.2 Å². The van der Waals surface area contributed by atoms with Gasteiger partial charge in [0.1, 0.15) is 5.82 Å². The fourth-order valence-corrected chi connectivity index (χ4v) is 3.22. The summed E-state index contributed by atoms with van der Waals surface area (Å²) >= 11 is 6.29. The van der Waals surface area contributed by atoms with Gasteiger partial charge in [0, 0.05) is 11.5 Å². The van der Waals surface area contributed by atoms with E-state index in [1.165, 1.54) is 0 Å². The van der Waals surface area contributed by atoms with Gasteiger partial charge in [-0.15, -0.1) is 0 Å². The minimum absolute atomic E-state index is 0.121. The molecular formula is C23H26ClN5O2. The van der Waals surface area contributed by atoms with E-state index in [9.17, 15) is 9.59 Å².